The summed E-state index contributed by atoms with van der Waals surface area (Å²) in [7, 11) is 0. The van der Waals surface area contributed by atoms with Gasteiger partial charge in [-0.2, -0.15) is 0 Å². The monoisotopic (exact) mass is 305 g/mol. The van der Waals surface area contributed by atoms with Crippen molar-refractivity contribution in [1.29, 1.82) is 0 Å². The van der Waals surface area contributed by atoms with Crippen LogP contribution >= 0.6 is 0 Å². The van der Waals surface area contributed by atoms with E-state index in [2.05, 4.69) is 9.97 Å². The summed E-state index contributed by atoms with van der Waals surface area (Å²) < 4.78 is 0. The van der Waals surface area contributed by atoms with E-state index in [0.29, 0.717) is 6.42 Å². The fraction of sp³-hybridized carbons (Fsp3) is 0.263. The number of imidazole rings is 1. The molecule has 0 spiro atoms. The molecule has 23 heavy (non-hydrogen) atoms. The maximum atomic E-state index is 12.7. The number of hydrogen-bond acceptors (Lipinski definition) is 2. The molecule has 1 N–H and O–H groups in total. The zero-order chi connectivity index (χ0) is 15.6. The first-order valence-electron chi connectivity index (χ1n) is 8.09. The molecule has 2 aromatic carbocycles. The quantitative estimate of drug-likeness (QED) is 0.805. The molecule has 0 unspecified atom stereocenters. The summed E-state index contributed by atoms with van der Waals surface area (Å²) in [6, 6.07) is 18.0. The van der Waals surface area contributed by atoms with Crippen LogP contribution in [0.3, 0.4) is 0 Å². The van der Waals surface area contributed by atoms with Gasteiger partial charge in [-0.15, -0.1) is 0 Å². The van der Waals surface area contributed by atoms with Crippen LogP contribution in [-0.2, 0) is 11.2 Å². The van der Waals surface area contributed by atoms with Crippen molar-refractivity contribution in [2.75, 3.05) is 6.54 Å². The van der Waals surface area contributed by atoms with Gasteiger partial charge in [0.25, 0.3) is 0 Å². The van der Waals surface area contributed by atoms with E-state index in [0.717, 1.165) is 41.8 Å². The number of carbonyl (C=O) groups is 1. The molecule has 2 heterocycles. The van der Waals surface area contributed by atoms with E-state index < -0.39 is 0 Å². The van der Waals surface area contributed by atoms with Crippen molar-refractivity contribution in [3.8, 4) is 0 Å². The van der Waals surface area contributed by atoms with Gasteiger partial charge < -0.3 is 9.88 Å². The Labute approximate surface area is 135 Å². The molecule has 1 saturated heterocycles. The van der Waals surface area contributed by atoms with Crippen molar-refractivity contribution in [1.82, 2.24) is 14.9 Å². The molecule has 1 aromatic heterocycles. The van der Waals surface area contributed by atoms with Gasteiger partial charge in [-0.1, -0.05) is 42.5 Å². The third kappa shape index (κ3) is 2.72. The van der Waals surface area contributed by atoms with Crippen LogP contribution < -0.4 is 0 Å². The SMILES string of the molecule is O=C(Cc1ccccc1)N1CCC[C@H]1c1nc2ccccc2[nH]1. The summed E-state index contributed by atoms with van der Waals surface area (Å²) in [4.78, 5) is 22.7. The molecule has 0 bridgehead atoms. The van der Waals surface area contributed by atoms with E-state index in [4.69, 9.17) is 0 Å². The van der Waals surface area contributed by atoms with Crippen LogP contribution in [0.5, 0.6) is 0 Å². The molecule has 0 radical (unpaired) electrons. The number of aromatic amines is 1. The number of benzene rings is 2. The number of nitrogens with zero attached hydrogens (tertiary/aromatic N) is 2. The number of likely N-dealkylation sites (tertiary alicyclic amines) is 1. The van der Waals surface area contributed by atoms with E-state index in [-0.39, 0.29) is 11.9 Å². The van der Waals surface area contributed by atoms with Crippen LogP contribution in [0.4, 0.5) is 0 Å². The molecule has 1 amide bonds. The van der Waals surface area contributed by atoms with Crippen LogP contribution in [0, 0.1) is 0 Å². The number of carbonyl (C=O) groups excluding carboxylic acids is 1. The average Bonchev–Trinajstić information content (AvgIpc) is 3.22. The van der Waals surface area contributed by atoms with Gasteiger partial charge in [0.1, 0.15) is 5.82 Å². The van der Waals surface area contributed by atoms with Crippen molar-refractivity contribution in [2.24, 2.45) is 0 Å². The molecule has 1 fully saturated rings. The summed E-state index contributed by atoms with van der Waals surface area (Å²) in [5.41, 5.74) is 3.06. The Hall–Kier alpha value is -2.62. The Morgan fingerprint density at radius 2 is 1.91 bits per heavy atom. The predicted octanol–water partition coefficient (Wildman–Crippen LogP) is 3.47. The third-order valence-corrected chi connectivity index (χ3v) is 4.49. The normalized spacial score (nSPS) is 17.7. The van der Waals surface area contributed by atoms with Gasteiger partial charge in [0.2, 0.25) is 5.91 Å². The van der Waals surface area contributed by atoms with Gasteiger partial charge in [0, 0.05) is 6.54 Å². The molecule has 1 atom stereocenters. The minimum Gasteiger partial charge on any atom is -0.340 e. The number of para-hydroxylation sites is 2. The largest absolute Gasteiger partial charge is 0.340 e. The van der Waals surface area contributed by atoms with E-state index >= 15 is 0 Å². The average molecular weight is 305 g/mol. The van der Waals surface area contributed by atoms with E-state index in [1.54, 1.807) is 0 Å². The lowest BCUT2D eigenvalue weighted by Gasteiger charge is -2.23. The lowest BCUT2D eigenvalue weighted by molar-refractivity contribution is -0.131. The molecule has 4 heteroatoms. The highest BCUT2D eigenvalue weighted by Crippen LogP contribution is 2.31. The summed E-state index contributed by atoms with van der Waals surface area (Å²) >= 11 is 0. The maximum Gasteiger partial charge on any atom is 0.227 e. The minimum atomic E-state index is 0.0682. The molecule has 3 aromatic rings. The number of H-pyrrole nitrogens is 1. The molecule has 0 saturated carbocycles. The van der Waals surface area contributed by atoms with E-state index in [1.807, 2.05) is 59.5 Å². The number of fused-ring (bicyclic) bond motifs is 1. The van der Waals surface area contributed by atoms with E-state index in [9.17, 15) is 4.79 Å². The van der Waals surface area contributed by atoms with Crippen molar-refractivity contribution in [2.45, 2.75) is 25.3 Å². The van der Waals surface area contributed by atoms with Crippen LogP contribution in [0.15, 0.2) is 54.6 Å². The van der Waals surface area contributed by atoms with Crippen LogP contribution in [0.25, 0.3) is 11.0 Å². The molecule has 4 rings (SSSR count). The smallest absolute Gasteiger partial charge is 0.227 e. The van der Waals surface area contributed by atoms with Gasteiger partial charge in [-0.25, -0.2) is 4.98 Å². The zero-order valence-corrected chi connectivity index (χ0v) is 12.9. The number of hydrogen-bond donors (Lipinski definition) is 1. The van der Waals surface area contributed by atoms with Crippen molar-refractivity contribution in [3.05, 3.63) is 66.0 Å². The van der Waals surface area contributed by atoms with Gasteiger partial charge in [-0.3, -0.25) is 4.79 Å². The minimum absolute atomic E-state index is 0.0682. The Balaban J connectivity index is 1.57. The van der Waals surface area contributed by atoms with Crippen LogP contribution in [-0.4, -0.2) is 27.3 Å². The first-order valence-corrected chi connectivity index (χ1v) is 8.09. The van der Waals surface area contributed by atoms with Gasteiger partial charge in [0.15, 0.2) is 0 Å². The van der Waals surface area contributed by atoms with Gasteiger partial charge in [0.05, 0.1) is 23.5 Å². The highest BCUT2D eigenvalue weighted by atomic mass is 16.2. The highest BCUT2D eigenvalue weighted by molar-refractivity contribution is 5.80. The molecule has 1 aliphatic rings. The molecular formula is C19H19N3O. The molecule has 4 nitrogen and oxygen atoms in total. The fourth-order valence-corrected chi connectivity index (χ4v) is 3.35. The van der Waals surface area contributed by atoms with Crippen molar-refractivity contribution in [3.63, 3.8) is 0 Å². The second kappa shape index (κ2) is 5.88. The van der Waals surface area contributed by atoms with Crippen molar-refractivity contribution >= 4 is 16.9 Å². The number of aromatic nitrogens is 2. The Bertz CT molecular complexity index is 792. The van der Waals surface area contributed by atoms with Crippen molar-refractivity contribution < 1.29 is 4.79 Å². The van der Waals surface area contributed by atoms with Gasteiger partial charge in [-0.05, 0) is 30.5 Å². The highest BCUT2D eigenvalue weighted by Gasteiger charge is 2.31. The molecule has 116 valence electrons. The number of nitrogens with one attached hydrogen (secondary N) is 1. The molecular weight excluding hydrogens is 286 g/mol. The first-order chi connectivity index (χ1) is 11.3. The summed E-state index contributed by atoms with van der Waals surface area (Å²) in [5, 5.41) is 0. The summed E-state index contributed by atoms with van der Waals surface area (Å²) in [6.45, 7) is 0.813. The van der Waals surface area contributed by atoms with E-state index in [1.165, 1.54) is 0 Å². The maximum absolute atomic E-state index is 12.7. The second-order valence-electron chi connectivity index (χ2n) is 6.05. The number of rotatable bonds is 3. The molecule has 0 aliphatic carbocycles. The third-order valence-electron chi connectivity index (χ3n) is 4.49. The second-order valence-corrected chi connectivity index (χ2v) is 6.05. The first kappa shape index (κ1) is 14.0. The van der Waals surface area contributed by atoms with Crippen LogP contribution in [0.2, 0.25) is 0 Å². The number of amides is 1. The lowest BCUT2D eigenvalue weighted by atomic mass is 10.1. The summed E-state index contributed by atoms with van der Waals surface area (Å²) in [6.07, 6.45) is 2.46. The van der Waals surface area contributed by atoms with Crippen LogP contribution in [0.1, 0.15) is 30.3 Å². The molecule has 1 aliphatic heterocycles. The Morgan fingerprint density at radius 3 is 2.74 bits per heavy atom. The Kier molecular flexibility index (Phi) is 3.58. The standard InChI is InChI=1S/C19H19N3O/c23-18(13-14-7-2-1-3-8-14)22-12-6-11-17(22)19-20-15-9-4-5-10-16(15)21-19/h1-5,7-10,17H,6,11-13H2,(H,20,21)/t17-/m0/s1. The van der Waals surface area contributed by atoms with Gasteiger partial charge >= 0.3 is 0 Å². The fourth-order valence-electron chi connectivity index (χ4n) is 3.35. The predicted molar refractivity (Wildman–Crippen MR) is 89.9 cm³/mol. The Morgan fingerprint density at radius 1 is 1.13 bits per heavy atom. The topological polar surface area (TPSA) is 49.0 Å². The summed E-state index contributed by atoms with van der Waals surface area (Å²) in [5.74, 6) is 1.09. The zero-order valence-electron chi connectivity index (χ0n) is 12.9. The lowest BCUT2D eigenvalue weighted by Crippen LogP contribution is -2.32.